The summed E-state index contributed by atoms with van der Waals surface area (Å²) in [5.41, 5.74) is 1.51. The molecule has 6 nitrogen and oxygen atoms in total. The molecule has 1 saturated heterocycles. The van der Waals surface area contributed by atoms with Gasteiger partial charge in [-0.05, 0) is 37.1 Å². The smallest absolute Gasteiger partial charge is 0.340 e. The molecule has 0 spiro atoms. The van der Waals surface area contributed by atoms with Crippen LogP contribution in [0.2, 0.25) is 0 Å². The van der Waals surface area contributed by atoms with E-state index < -0.39 is 5.63 Å². The van der Waals surface area contributed by atoms with Gasteiger partial charge < -0.3 is 19.2 Å². The van der Waals surface area contributed by atoms with Crippen LogP contribution in [0.1, 0.15) is 16.7 Å². The monoisotopic (exact) mass is 317 g/mol. The minimum absolute atomic E-state index is 0.0303. The molecule has 1 aromatic carbocycles. The van der Waals surface area contributed by atoms with Crippen molar-refractivity contribution in [3.8, 4) is 5.75 Å². The standard InChI is InChI=1S/C17H19NO5/c1-10-7-13(19)16-11(2)12(17(21)23-14(16)8-10)9-15(20)18-3-5-22-6-4-18/h7-8,19H,3-6,9H2,1-2H3. The number of fused-ring (bicyclic) bond motifs is 1. The predicted octanol–water partition coefficient (Wildman–Crippen LogP) is 1.52. The van der Waals surface area contributed by atoms with Crippen LogP contribution in [0.25, 0.3) is 11.0 Å². The largest absolute Gasteiger partial charge is 0.507 e. The van der Waals surface area contributed by atoms with Crippen molar-refractivity contribution in [2.24, 2.45) is 0 Å². The Morgan fingerprint density at radius 3 is 2.65 bits per heavy atom. The molecule has 0 aliphatic carbocycles. The van der Waals surface area contributed by atoms with Crippen LogP contribution in [-0.4, -0.2) is 42.2 Å². The minimum Gasteiger partial charge on any atom is -0.507 e. The van der Waals surface area contributed by atoms with Crippen molar-refractivity contribution < 1.29 is 19.1 Å². The predicted molar refractivity (Wildman–Crippen MR) is 84.7 cm³/mol. The first-order valence-electron chi connectivity index (χ1n) is 7.59. The zero-order valence-electron chi connectivity index (χ0n) is 13.2. The first-order valence-corrected chi connectivity index (χ1v) is 7.59. The van der Waals surface area contributed by atoms with E-state index >= 15 is 0 Å². The third kappa shape index (κ3) is 2.94. The highest BCUT2D eigenvalue weighted by atomic mass is 16.5. The van der Waals surface area contributed by atoms with E-state index in [0.29, 0.717) is 48.4 Å². The van der Waals surface area contributed by atoms with Gasteiger partial charge in [-0.15, -0.1) is 0 Å². The number of phenols is 1. The number of hydrogen-bond acceptors (Lipinski definition) is 5. The van der Waals surface area contributed by atoms with E-state index in [1.807, 2.05) is 6.92 Å². The van der Waals surface area contributed by atoms with Gasteiger partial charge in [0.05, 0.1) is 30.6 Å². The minimum atomic E-state index is -0.526. The third-order valence-corrected chi connectivity index (χ3v) is 4.19. The number of amides is 1. The van der Waals surface area contributed by atoms with Gasteiger partial charge in [-0.2, -0.15) is 0 Å². The highest BCUT2D eigenvalue weighted by Gasteiger charge is 2.22. The van der Waals surface area contributed by atoms with Crippen molar-refractivity contribution in [3.63, 3.8) is 0 Å². The fourth-order valence-corrected chi connectivity index (χ4v) is 2.94. The van der Waals surface area contributed by atoms with E-state index in [0.717, 1.165) is 5.56 Å². The van der Waals surface area contributed by atoms with Crippen LogP contribution in [-0.2, 0) is 16.0 Å². The van der Waals surface area contributed by atoms with Gasteiger partial charge in [-0.3, -0.25) is 4.79 Å². The highest BCUT2D eigenvalue weighted by molar-refractivity contribution is 5.89. The number of hydrogen-bond donors (Lipinski definition) is 1. The van der Waals surface area contributed by atoms with Crippen molar-refractivity contribution in [3.05, 3.63) is 39.2 Å². The molecule has 0 saturated carbocycles. The Balaban J connectivity index is 2.00. The van der Waals surface area contributed by atoms with E-state index in [-0.39, 0.29) is 18.1 Å². The molecule has 0 unspecified atom stereocenters. The van der Waals surface area contributed by atoms with Crippen molar-refractivity contribution in [1.29, 1.82) is 0 Å². The van der Waals surface area contributed by atoms with Crippen LogP contribution >= 0.6 is 0 Å². The van der Waals surface area contributed by atoms with Crippen LogP contribution < -0.4 is 5.63 Å². The molecule has 1 amide bonds. The molecular weight excluding hydrogens is 298 g/mol. The molecule has 6 heteroatoms. The van der Waals surface area contributed by atoms with Crippen molar-refractivity contribution in [2.45, 2.75) is 20.3 Å². The second kappa shape index (κ2) is 6.04. The summed E-state index contributed by atoms with van der Waals surface area (Å²) in [6, 6.07) is 3.32. The van der Waals surface area contributed by atoms with Gasteiger partial charge in [-0.25, -0.2) is 4.79 Å². The number of aromatic hydroxyl groups is 1. The van der Waals surface area contributed by atoms with E-state index in [4.69, 9.17) is 9.15 Å². The van der Waals surface area contributed by atoms with Crippen molar-refractivity contribution in [1.82, 2.24) is 4.90 Å². The van der Waals surface area contributed by atoms with E-state index in [2.05, 4.69) is 0 Å². The maximum absolute atomic E-state index is 12.4. The quantitative estimate of drug-likeness (QED) is 0.850. The molecule has 1 aromatic heterocycles. The van der Waals surface area contributed by atoms with Crippen LogP contribution in [0.15, 0.2) is 21.3 Å². The summed E-state index contributed by atoms with van der Waals surface area (Å²) in [6.07, 6.45) is -0.0303. The van der Waals surface area contributed by atoms with Gasteiger partial charge >= 0.3 is 5.63 Å². The lowest BCUT2D eigenvalue weighted by atomic mass is 10.0. The van der Waals surface area contributed by atoms with Gasteiger partial charge in [0.25, 0.3) is 0 Å². The molecule has 2 aromatic rings. The van der Waals surface area contributed by atoms with Gasteiger partial charge in [0, 0.05) is 13.1 Å². The van der Waals surface area contributed by atoms with E-state index in [1.54, 1.807) is 24.0 Å². The van der Waals surface area contributed by atoms with Crippen molar-refractivity contribution in [2.75, 3.05) is 26.3 Å². The molecule has 1 aliphatic rings. The zero-order valence-corrected chi connectivity index (χ0v) is 13.2. The molecule has 1 aliphatic heterocycles. The molecule has 2 heterocycles. The SMILES string of the molecule is Cc1cc(O)c2c(C)c(CC(=O)N3CCOCC3)c(=O)oc2c1. The Morgan fingerprint density at radius 1 is 1.26 bits per heavy atom. The Hall–Kier alpha value is -2.34. The van der Waals surface area contributed by atoms with Crippen molar-refractivity contribution >= 4 is 16.9 Å². The van der Waals surface area contributed by atoms with Gasteiger partial charge in [0.1, 0.15) is 11.3 Å². The summed E-state index contributed by atoms with van der Waals surface area (Å²) < 4.78 is 10.5. The Bertz CT molecular complexity index is 818. The normalized spacial score (nSPS) is 15.1. The second-order valence-corrected chi connectivity index (χ2v) is 5.82. The lowest BCUT2D eigenvalue weighted by Gasteiger charge is -2.27. The summed E-state index contributed by atoms with van der Waals surface area (Å²) in [4.78, 5) is 26.3. The summed E-state index contributed by atoms with van der Waals surface area (Å²) >= 11 is 0. The van der Waals surface area contributed by atoms with Gasteiger partial charge in [0.2, 0.25) is 5.91 Å². The first-order chi connectivity index (χ1) is 11.0. The fraction of sp³-hybridized carbons (Fsp3) is 0.412. The third-order valence-electron chi connectivity index (χ3n) is 4.19. The molecule has 0 atom stereocenters. The zero-order chi connectivity index (χ0) is 16.6. The summed E-state index contributed by atoms with van der Waals surface area (Å²) in [5, 5.41) is 10.6. The number of benzene rings is 1. The topological polar surface area (TPSA) is 80.0 Å². The number of carbonyl (C=O) groups is 1. The van der Waals surface area contributed by atoms with Crippen LogP contribution in [0, 0.1) is 13.8 Å². The number of nitrogens with zero attached hydrogens (tertiary/aromatic N) is 1. The lowest BCUT2D eigenvalue weighted by molar-refractivity contribution is -0.134. The van der Waals surface area contributed by atoms with Crippen LogP contribution in [0.4, 0.5) is 0 Å². The molecule has 122 valence electrons. The first kappa shape index (κ1) is 15.6. The molecule has 1 fully saturated rings. The molecule has 0 radical (unpaired) electrons. The summed E-state index contributed by atoms with van der Waals surface area (Å²) in [7, 11) is 0. The van der Waals surface area contributed by atoms with Gasteiger partial charge in [0.15, 0.2) is 0 Å². The molecule has 3 rings (SSSR count). The van der Waals surface area contributed by atoms with Crippen LogP contribution in [0.5, 0.6) is 5.75 Å². The van der Waals surface area contributed by atoms with E-state index in [1.165, 1.54) is 0 Å². The molecule has 23 heavy (non-hydrogen) atoms. The lowest BCUT2D eigenvalue weighted by Crippen LogP contribution is -2.42. The fourth-order valence-electron chi connectivity index (χ4n) is 2.94. The number of ether oxygens (including phenoxy) is 1. The molecular formula is C17H19NO5. The maximum Gasteiger partial charge on any atom is 0.340 e. The Morgan fingerprint density at radius 2 is 1.96 bits per heavy atom. The number of carbonyl (C=O) groups excluding carboxylic acids is 1. The second-order valence-electron chi connectivity index (χ2n) is 5.82. The number of rotatable bonds is 2. The summed E-state index contributed by atoms with van der Waals surface area (Å²) in [5.74, 6) is -0.0732. The maximum atomic E-state index is 12.4. The average molecular weight is 317 g/mol. The average Bonchev–Trinajstić information content (AvgIpc) is 2.51. The number of aryl methyl sites for hydroxylation is 2. The highest BCUT2D eigenvalue weighted by Crippen LogP contribution is 2.30. The van der Waals surface area contributed by atoms with Gasteiger partial charge in [-0.1, -0.05) is 0 Å². The summed E-state index contributed by atoms with van der Waals surface area (Å²) in [6.45, 7) is 5.62. The molecule has 0 bridgehead atoms. The Kier molecular flexibility index (Phi) is 4.09. The number of morpholine rings is 1. The van der Waals surface area contributed by atoms with Crippen LogP contribution in [0.3, 0.4) is 0 Å². The molecule has 1 N–H and O–H groups in total. The number of phenolic OH excluding ortho intramolecular Hbond substituents is 1. The van der Waals surface area contributed by atoms with E-state index in [9.17, 15) is 14.7 Å². The Labute approximate surface area is 133 Å².